The number of nitro benzene ring substituents is 1. The number of aromatic carboxylic acids is 1. The summed E-state index contributed by atoms with van der Waals surface area (Å²) in [4.78, 5) is 21.5. The first-order valence-corrected chi connectivity index (χ1v) is 6.62. The highest BCUT2D eigenvalue weighted by atomic mass is 35.5. The third kappa shape index (κ3) is 2.47. The molecule has 0 amide bonds. The van der Waals surface area contributed by atoms with Crippen LogP contribution in [-0.2, 0) is 0 Å². The van der Waals surface area contributed by atoms with Gasteiger partial charge in [-0.15, -0.1) is 0 Å². The fourth-order valence-corrected chi connectivity index (χ4v) is 2.45. The summed E-state index contributed by atoms with van der Waals surface area (Å²) in [6.45, 7) is 0. The standard InChI is InChI=1S/C13H10ClN3O4/c14-10-6-8(17(20)21)5-9(13(18)19)12(10)16-4-3-11(15-16)7-1-2-7/h3-7H,1-2H2,(H,18,19). The van der Waals surface area contributed by atoms with E-state index in [1.54, 1.807) is 12.3 Å². The molecule has 1 aliphatic rings. The summed E-state index contributed by atoms with van der Waals surface area (Å²) in [7, 11) is 0. The number of nitrogens with zero attached hydrogens (tertiary/aromatic N) is 3. The summed E-state index contributed by atoms with van der Waals surface area (Å²) < 4.78 is 1.36. The average Bonchev–Trinajstić information content (AvgIpc) is 3.16. The molecule has 0 saturated heterocycles. The van der Waals surface area contributed by atoms with Gasteiger partial charge in [-0.3, -0.25) is 10.1 Å². The highest BCUT2D eigenvalue weighted by Gasteiger charge is 2.27. The summed E-state index contributed by atoms with van der Waals surface area (Å²) in [6.07, 6.45) is 3.75. The zero-order chi connectivity index (χ0) is 15.1. The summed E-state index contributed by atoms with van der Waals surface area (Å²) in [6, 6.07) is 3.92. The molecule has 7 nitrogen and oxygen atoms in total. The molecule has 1 saturated carbocycles. The van der Waals surface area contributed by atoms with Gasteiger partial charge in [0.2, 0.25) is 0 Å². The minimum absolute atomic E-state index is 0.0213. The normalized spacial score (nSPS) is 14.1. The topological polar surface area (TPSA) is 98.3 Å². The molecule has 1 N–H and O–H groups in total. The minimum atomic E-state index is -1.29. The molecule has 8 heteroatoms. The summed E-state index contributed by atoms with van der Waals surface area (Å²) in [5.74, 6) is -0.879. The molecule has 0 unspecified atom stereocenters. The smallest absolute Gasteiger partial charge is 0.338 e. The number of carboxylic acid groups (broad SMARTS) is 1. The highest BCUT2D eigenvalue weighted by Crippen LogP contribution is 2.39. The Bertz CT molecular complexity index is 752. The van der Waals surface area contributed by atoms with Gasteiger partial charge in [-0.05, 0) is 18.9 Å². The van der Waals surface area contributed by atoms with Crippen LogP contribution in [0.15, 0.2) is 24.4 Å². The van der Waals surface area contributed by atoms with Gasteiger partial charge in [-0.1, -0.05) is 11.6 Å². The van der Waals surface area contributed by atoms with E-state index >= 15 is 0 Å². The van der Waals surface area contributed by atoms with Gasteiger partial charge in [-0.25, -0.2) is 9.48 Å². The van der Waals surface area contributed by atoms with Crippen LogP contribution in [0.25, 0.3) is 5.69 Å². The van der Waals surface area contributed by atoms with Crippen molar-refractivity contribution in [3.05, 3.63) is 50.8 Å². The van der Waals surface area contributed by atoms with Crippen molar-refractivity contribution in [1.82, 2.24) is 9.78 Å². The van der Waals surface area contributed by atoms with Crippen LogP contribution in [0.2, 0.25) is 5.02 Å². The third-order valence-electron chi connectivity index (χ3n) is 3.32. The first-order chi connectivity index (χ1) is 9.97. The maximum atomic E-state index is 11.4. The zero-order valence-corrected chi connectivity index (χ0v) is 11.4. The van der Waals surface area contributed by atoms with Gasteiger partial charge in [0.05, 0.1) is 26.9 Å². The van der Waals surface area contributed by atoms with E-state index in [1.165, 1.54) is 4.68 Å². The first kappa shape index (κ1) is 13.6. The highest BCUT2D eigenvalue weighted by molar-refractivity contribution is 6.33. The van der Waals surface area contributed by atoms with E-state index < -0.39 is 10.9 Å². The first-order valence-electron chi connectivity index (χ1n) is 6.24. The van der Waals surface area contributed by atoms with Gasteiger partial charge in [0.25, 0.3) is 5.69 Å². The van der Waals surface area contributed by atoms with Crippen molar-refractivity contribution in [2.24, 2.45) is 0 Å². The van der Waals surface area contributed by atoms with Crippen LogP contribution in [0.4, 0.5) is 5.69 Å². The van der Waals surface area contributed by atoms with Crippen molar-refractivity contribution >= 4 is 23.3 Å². The number of carbonyl (C=O) groups is 1. The second-order valence-electron chi connectivity index (χ2n) is 4.85. The van der Waals surface area contributed by atoms with E-state index in [9.17, 15) is 20.0 Å². The Balaban J connectivity index is 2.15. The lowest BCUT2D eigenvalue weighted by Gasteiger charge is -2.08. The predicted molar refractivity (Wildman–Crippen MR) is 74.2 cm³/mol. The molecular formula is C13H10ClN3O4. The molecule has 0 aliphatic heterocycles. The Labute approximate surface area is 123 Å². The van der Waals surface area contributed by atoms with E-state index in [4.69, 9.17) is 11.6 Å². The predicted octanol–water partition coefficient (Wildman–Crippen LogP) is 3.01. The number of rotatable bonds is 4. The van der Waals surface area contributed by atoms with Crippen molar-refractivity contribution in [3.63, 3.8) is 0 Å². The summed E-state index contributed by atoms with van der Waals surface area (Å²) >= 11 is 6.03. The van der Waals surface area contributed by atoms with Crippen LogP contribution in [0.1, 0.15) is 34.8 Å². The van der Waals surface area contributed by atoms with Crippen molar-refractivity contribution in [2.45, 2.75) is 18.8 Å². The number of aromatic nitrogens is 2. The Hall–Kier alpha value is -2.41. The molecular weight excluding hydrogens is 298 g/mol. The second-order valence-corrected chi connectivity index (χ2v) is 5.25. The van der Waals surface area contributed by atoms with Crippen molar-refractivity contribution in [2.75, 3.05) is 0 Å². The van der Waals surface area contributed by atoms with Crippen LogP contribution >= 0.6 is 11.6 Å². The van der Waals surface area contributed by atoms with E-state index in [-0.39, 0.29) is 22.0 Å². The van der Waals surface area contributed by atoms with Gasteiger partial charge >= 0.3 is 5.97 Å². The minimum Gasteiger partial charge on any atom is -0.478 e. The molecule has 0 spiro atoms. The van der Waals surface area contributed by atoms with Crippen LogP contribution < -0.4 is 0 Å². The molecule has 1 aromatic heterocycles. The number of non-ortho nitro benzene ring substituents is 1. The van der Waals surface area contributed by atoms with Crippen molar-refractivity contribution < 1.29 is 14.8 Å². The fraction of sp³-hybridized carbons (Fsp3) is 0.231. The lowest BCUT2D eigenvalue weighted by atomic mass is 10.1. The van der Waals surface area contributed by atoms with Crippen LogP contribution in [-0.4, -0.2) is 25.8 Å². The van der Waals surface area contributed by atoms with Gasteiger partial charge in [0, 0.05) is 24.2 Å². The SMILES string of the molecule is O=C(O)c1cc([N+](=O)[O-])cc(Cl)c1-n1ccc(C2CC2)n1. The molecule has 3 rings (SSSR count). The number of hydrogen-bond acceptors (Lipinski definition) is 4. The molecule has 1 aromatic carbocycles. The second kappa shape index (κ2) is 4.85. The number of nitro groups is 1. The van der Waals surface area contributed by atoms with Gasteiger partial charge < -0.3 is 5.11 Å². The average molecular weight is 308 g/mol. The van der Waals surface area contributed by atoms with E-state index in [1.807, 2.05) is 0 Å². The maximum absolute atomic E-state index is 11.4. The number of hydrogen-bond donors (Lipinski definition) is 1. The van der Waals surface area contributed by atoms with Crippen LogP contribution in [0.3, 0.4) is 0 Å². The monoisotopic (exact) mass is 307 g/mol. The van der Waals surface area contributed by atoms with E-state index in [0.29, 0.717) is 5.92 Å². The quantitative estimate of drug-likeness (QED) is 0.691. The van der Waals surface area contributed by atoms with Gasteiger partial charge in [0.1, 0.15) is 0 Å². The Kier molecular flexibility index (Phi) is 3.13. The maximum Gasteiger partial charge on any atom is 0.338 e. The molecule has 0 bridgehead atoms. The molecule has 1 fully saturated rings. The van der Waals surface area contributed by atoms with Gasteiger partial charge in [0.15, 0.2) is 0 Å². The molecule has 2 aromatic rings. The lowest BCUT2D eigenvalue weighted by Crippen LogP contribution is -2.08. The number of carboxylic acids is 1. The number of halogens is 1. The molecule has 0 atom stereocenters. The Morgan fingerprint density at radius 3 is 2.76 bits per heavy atom. The fourth-order valence-electron chi connectivity index (χ4n) is 2.15. The summed E-state index contributed by atoms with van der Waals surface area (Å²) in [5, 5.41) is 24.4. The zero-order valence-electron chi connectivity index (χ0n) is 10.7. The van der Waals surface area contributed by atoms with Crippen LogP contribution in [0, 0.1) is 10.1 Å². The van der Waals surface area contributed by atoms with Gasteiger partial charge in [-0.2, -0.15) is 5.10 Å². The van der Waals surface area contributed by atoms with Crippen molar-refractivity contribution in [3.8, 4) is 5.69 Å². The molecule has 0 radical (unpaired) electrons. The largest absolute Gasteiger partial charge is 0.478 e. The van der Waals surface area contributed by atoms with E-state index in [2.05, 4.69) is 5.10 Å². The molecule has 108 valence electrons. The number of benzene rings is 1. The third-order valence-corrected chi connectivity index (χ3v) is 3.61. The van der Waals surface area contributed by atoms with E-state index in [0.717, 1.165) is 30.7 Å². The Morgan fingerprint density at radius 2 is 2.19 bits per heavy atom. The molecule has 1 aliphatic carbocycles. The van der Waals surface area contributed by atoms with Crippen LogP contribution in [0.5, 0.6) is 0 Å². The molecule has 21 heavy (non-hydrogen) atoms. The summed E-state index contributed by atoms with van der Waals surface area (Å²) in [5.41, 5.74) is 0.401. The lowest BCUT2D eigenvalue weighted by molar-refractivity contribution is -0.384. The Morgan fingerprint density at radius 1 is 1.48 bits per heavy atom. The van der Waals surface area contributed by atoms with Crippen molar-refractivity contribution in [1.29, 1.82) is 0 Å². The molecule has 1 heterocycles.